The second kappa shape index (κ2) is 5.23. The van der Waals surface area contributed by atoms with Gasteiger partial charge in [0.2, 0.25) is 0 Å². The fraction of sp³-hybridized carbons (Fsp3) is 0.417. The van der Waals surface area contributed by atoms with E-state index in [-0.39, 0.29) is 29.5 Å². The summed E-state index contributed by atoms with van der Waals surface area (Å²) in [6.07, 6.45) is -0.0917. The zero-order valence-electron chi connectivity index (χ0n) is 9.76. The summed E-state index contributed by atoms with van der Waals surface area (Å²) in [4.78, 5) is 10.4. The highest BCUT2D eigenvalue weighted by Crippen LogP contribution is 2.27. The summed E-state index contributed by atoms with van der Waals surface area (Å²) in [7, 11) is 0. The van der Waals surface area contributed by atoms with E-state index in [0.29, 0.717) is 0 Å². The normalized spacial score (nSPS) is 12.5. The summed E-state index contributed by atoms with van der Waals surface area (Å²) >= 11 is 0. The van der Waals surface area contributed by atoms with Gasteiger partial charge in [0.05, 0.1) is 0 Å². The van der Waals surface area contributed by atoms with Gasteiger partial charge in [0, 0.05) is 18.0 Å². The molecular formula is C12H15F2NO2. The molecule has 3 N–H and O–H groups in total. The molecule has 17 heavy (non-hydrogen) atoms. The molecule has 1 atom stereocenters. The van der Waals surface area contributed by atoms with Crippen LogP contribution in [0.3, 0.4) is 0 Å². The maximum atomic E-state index is 13.8. The Labute approximate surface area is 98.2 Å². The van der Waals surface area contributed by atoms with Crippen LogP contribution in [0.25, 0.3) is 0 Å². The fourth-order valence-corrected chi connectivity index (χ4v) is 1.73. The van der Waals surface area contributed by atoms with Gasteiger partial charge in [-0.3, -0.25) is 4.79 Å². The second-order valence-electron chi connectivity index (χ2n) is 4.07. The third kappa shape index (κ3) is 3.00. The lowest BCUT2D eigenvalue weighted by Gasteiger charge is -2.16. The second-order valence-corrected chi connectivity index (χ2v) is 4.07. The average Bonchev–Trinajstić information content (AvgIpc) is 2.24. The van der Waals surface area contributed by atoms with Crippen LogP contribution in [-0.2, 0) is 4.79 Å². The number of carboxylic acids is 1. The SMILES string of the molecule is Cc1cc(F)c(C)c(C(N)CCC(=O)O)c1F. The van der Waals surface area contributed by atoms with E-state index in [9.17, 15) is 13.6 Å². The van der Waals surface area contributed by atoms with Gasteiger partial charge in [0.25, 0.3) is 0 Å². The molecule has 0 heterocycles. The van der Waals surface area contributed by atoms with E-state index in [1.807, 2.05) is 0 Å². The zero-order valence-corrected chi connectivity index (χ0v) is 9.76. The van der Waals surface area contributed by atoms with Crippen molar-refractivity contribution in [2.24, 2.45) is 5.73 Å². The quantitative estimate of drug-likeness (QED) is 0.853. The van der Waals surface area contributed by atoms with Crippen molar-refractivity contribution in [2.75, 3.05) is 0 Å². The Morgan fingerprint density at radius 3 is 2.59 bits per heavy atom. The first-order valence-corrected chi connectivity index (χ1v) is 5.27. The number of rotatable bonds is 4. The van der Waals surface area contributed by atoms with Crippen molar-refractivity contribution in [3.63, 3.8) is 0 Å². The molecule has 0 saturated carbocycles. The molecule has 0 aliphatic heterocycles. The number of carboxylic acid groups (broad SMARTS) is 1. The lowest BCUT2D eigenvalue weighted by Crippen LogP contribution is -2.17. The number of aryl methyl sites for hydroxylation is 1. The third-order valence-electron chi connectivity index (χ3n) is 2.73. The standard InChI is InChI=1S/C12H15F2NO2/c1-6-5-8(13)7(2)11(12(6)14)9(15)3-4-10(16)17/h5,9H,3-4,15H2,1-2H3,(H,16,17). The Balaban J connectivity index is 3.07. The van der Waals surface area contributed by atoms with Gasteiger partial charge in [-0.1, -0.05) is 0 Å². The molecule has 5 heteroatoms. The minimum Gasteiger partial charge on any atom is -0.481 e. The Hall–Kier alpha value is -1.49. The molecule has 0 aliphatic rings. The van der Waals surface area contributed by atoms with Crippen LogP contribution < -0.4 is 5.73 Å². The highest BCUT2D eigenvalue weighted by Gasteiger charge is 2.19. The van der Waals surface area contributed by atoms with Crippen molar-refractivity contribution < 1.29 is 18.7 Å². The Morgan fingerprint density at radius 1 is 1.47 bits per heavy atom. The van der Waals surface area contributed by atoms with E-state index in [4.69, 9.17) is 10.8 Å². The van der Waals surface area contributed by atoms with Gasteiger partial charge >= 0.3 is 5.97 Å². The van der Waals surface area contributed by atoms with E-state index in [2.05, 4.69) is 0 Å². The molecule has 0 aromatic heterocycles. The molecule has 0 radical (unpaired) electrons. The van der Waals surface area contributed by atoms with Crippen molar-refractivity contribution in [3.05, 3.63) is 34.4 Å². The summed E-state index contributed by atoms with van der Waals surface area (Å²) in [6, 6.07) is 0.304. The maximum Gasteiger partial charge on any atom is 0.303 e. The minimum atomic E-state index is -1.01. The molecular weight excluding hydrogens is 228 g/mol. The van der Waals surface area contributed by atoms with Gasteiger partial charge in [-0.05, 0) is 37.5 Å². The Morgan fingerprint density at radius 2 is 2.06 bits per heavy atom. The third-order valence-corrected chi connectivity index (χ3v) is 2.73. The fourth-order valence-electron chi connectivity index (χ4n) is 1.73. The summed E-state index contributed by atoms with van der Waals surface area (Å²) in [5.74, 6) is -2.09. The molecule has 0 fully saturated rings. The van der Waals surface area contributed by atoms with Crippen molar-refractivity contribution in [1.29, 1.82) is 0 Å². The molecule has 0 amide bonds. The van der Waals surface area contributed by atoms with Gasteiger partial charge < -0.3 is 10.8 Å². The van der Waals surface area contributed by atoms with Crippen LogP contribution in [0.4, 0.5) is 8.78 Å². The van der Waals surface area contributed by atoms with E-state index in [1.165, 1.54) is 13.8 Å². The van der Waals surface area contributed by atoms with Crippen molar-refractivity contribution in [2.45, 2.75) is 32.7 Å². The highest BCUT2D eigenvalue weighted by molar-refractivity contribution is 5.66. The van der Waals surface area contributed by atoms with Crippen LogP contribution in [0.1, 0.15) is 35.6 Å². The number of nitrogens with two attached hydrogens (primary N) is 1. The first-order valence-electron chi connectivity index (χ1n) is 5.27. The molecule has 1 aromatic carbocycles. The van der Waals surface area contributed by atoms with Gasteiger partial charge in [0.1, 0.15) is 11.6 Å². The monoisotopic (exact) mass is 243 g/mol. The zero-order chi connectivity index (χ0) is 13.2. The summed E-state index contributed by atoms with van der Waals surface area (Å²) in [5.41, 5.74) is 6.10. The number of carbonyl (C=O) groups is 1. The first-order chi connectivity index (χ1) is 7.84. The number of halogens is 2. The molecule has 0 spiro atoms. The Kier molecular flexibility index (Phi) is 4.17. The highest BCUT2D eigenvalue weighted by atomic mass is 19.1. The molecule has 94 valence electrons. The lowest BCUT2D eigenvalue weighted by molar-refractivity contribution is -0.137. The molecule has 0 bridgehead atoms. The molecule has 3 nitrogen and oxygen atoms in total. The summed E-state index contributed by atoms with van der Waals surface area (Å²) in [5, 5.41) is 8.53. The van der Waals surface area contributed by atoms with Crippen LogP contribution in [0.2, 0.25) is 0 Å². The van der Waals surface area contributed by atoms with E-state index < -0.39 is 23.6 Å². The topological polar surface area (TPSA) is 63.3 Å². The van der Waals surface area contributed by atoms with Crippen molar-refractivity contribution in [1.82, 2.24) is 0 Å². The van der Waals surface area contributed by atoms with E-state index >= 15 is 0 Å². The number of hydrogen-bond donors (Lipinski definition) is 2. The van der Waals surface area contributed by atoms with Crippen LogP contribution in [-0.4, -0.2) is 11.1 Å². The van der Waals surface area contributed by atoms with Crippen LogP contribution >= 0.6 is 0 Å². The minimum absolute atomic E-state index is 0.0729. The van der Waals surface area contributed by atoms with Crippen LogP contribution in [0.5, 0.6) is 0 Å². The predicted octanol–water partition coefficient (Wildman–Crippen LogP) is 2.45. The molecule has 1 unspecified atom stereocenters. The molecule has 1 rings (SSSR count). The number of hydrogen-bond acceptors (Lipinski definition) is 2. The van der Waals surface area contributed by atoms with E-state index in [1.54, 1.807) is 0 Å². The van der Waals surface area contributed by atoms with Crippen molar-refractivity contribution >= 4 is 5.97 Å². The van der Waals surface area contributed by atoms with E-state index in [0.717, 1.165) is 6.07 Å². The van der Waals surface area contributed by atoms with Gasteiger partial charge in [-0.15, -0.1) is 0 Å². The smallest absolute Gasteiger partial charge is 0.303 e. The van der Waals surface area contributed by atoms with Crippen molar-refractivity contribution in [3.8, 4) is 0 Å². The predicted molar refractivity (Wildman–Crippen MR) is 59.6 cm³/mol. The molecule has 0 aliphatic carbocycles. The summed E-state index contributed by atoms with van der Waals surface area (Å²) in [6.45, 7) is 2.89. The largest absolute Gasteiger partial charge is 0.481 e. The number of benzene rings is 1. The van der Waals surface area contributed by atoms with Gasteiger partial charge in [-0.2, -0.15) is 0 Å². The van der Waals surface area contributed by atoms with Crippen LogP contribution in [0, 0.1) is 25.5 Å². The average molecular weight is 243 g/mol. The van der Waals surface area contributed by atoms with Crippen LogP contribution in [0.15, 0.2) is 6.07 Å². The maximum absolute atomic E-state index is 13.8. The Bertz CT molecular complexity index is 420. The first kappa shape index (κ1) is 13.6. The van der Waals surface area contributed by atoms with Gasteiger partial charge in [0.15, 0.2) is 0 Å². The van der Waals surface area contributed by atoms with Gasteiger partial charge in [-0.25, -0.2) is 8.78 Å². The number of aliphatic carboxylic acids is 1. The summed E-state index contributed by atoms with van der Waals surface area (Å²) < 4.78 is 27.3. The molecule has 1 aromatic rings. The molecule has 0 saturated heterocycles. The lowest BCUT2D eigenvalue weighted by atomic mass is 9.95.